The van der Waals surface area contributed by atoms with E-state index in [1.165, 1.54) is 12.8 Å². The van der Waals surface area contributed by atoms with Crippen LogP contribution in [0.3, 0.4) is 0 Å². The van der Waals surface area contributed by atoms with Crippen molar-refractivity contribution in [1.29, 1.82) is 0 Å². The molecule has 0 aromatic rings. The van der Waals surface area contributed by atoms with Gasteiger partial charge in [0, 0.05) is 5.41 Å². The van der Waals surface area contributed by atoms with E-state index < -0.39 is 0 Å². The molecule has 2 aliphatic rings. The third kappa shape index (κ3) is 0.838. The number of oxime groups is 1. The molecule has 2 atom stereocenters. The first-order chi connectivity index (χ1) is 5.48. The van der Waals surface area contributed by atoms with E-state index in [0.29, 0.717) is 5.41 Å². The summed E-state index contributed by atoms with van der Waals surface area (Å²) in [5, 5.41) is 12.2. The molecule has 2 rings (SSSR count). The molecule has 0 unspecified atom stereocenters. The van der Waals surface area contributed by atoms with E-state index in [0.717, 1.165) is 18.1 Å². The van der Waals surface area contributed by atoms with Crippen LogP contribution < -0.4 is 0 Å². The van der Waals surface area contributed by atoms with Gasteiger partial charge in [-0.3, -0.25) is 0 Å². The Morgan fingerprint density at radius 3 is 2.42 bits per heavy atom. The van der Waals surface area contributed by atoms with Crippen molar-refractivity contribution in [3.05, 3.63) is 0 Å². The average molecular weight is 167 g/mol. The molecule has 68 valence electrons. The fourth-order valence-corrected chi connectivity index (χ4v) is 3.25. The molecule has 0 aromatic carbocycles. The molecule has 0 spiro atoms. The lowest BCUT2D eigenvalue weighted by Crippen LogP contribution is -2.30. The minimum Gasteiger partial charge on any atom is -0.411 e. The molecule has 2 nitrogen and oxygen atoms in total. The zero-order valence-electron chi connectivity index (χ0n) is 8.09. The Kier molecular flexibility index (Phi) is 1.37. The van der Waals surface area contributed by atoms with Gasteiger partial charge >= 0.3 is 0 Å². The maximum atomic E-state index is 8.81. The highest BCUT2D eigenvalue weighted by Gasteiger charge is 2.55. The van der Waals surface area contributed by atoms with Gasteiger partial charge in [0.2, 0.25) is 0 Å². The van der Waals surface area contributed by atoms with Crippen molar-refractivity contribution in [2.45, 2.75) is 40.0 Å². The molecule has 2 saturated carbocycles. The molecule has 0 heterocycles. The van der Waals surface area contributed by atoms with E-state index in [4.69, 9.17) is 5.21 Å². The van der Waals surface area contributed by atoms with E-state index in [1.54, 1.807) is 0 Å². The summed E-state index contributed by atoms with van der Waals surface area (Å²) < 4.78 is 0. The van der Waals surface area contributed by atoms with Crippen LogP contribution in [0.2, 0.25) is 0 Å². The second-order valence-electron chi connectivity index (χ2n) is 5.38. The van der Waals surface area contributed by atoms with Crippen LogP contribution in [0.5, 0.6) is 0 Å². The Balaban J connectivity index is 2.33. The molecule has 2 heteroatoms. The maximum absolute atomic E-state index is 8.81. The molecule has 0 radical (unpaired) electrons. The number of hydrogen-bond donors (Lipinski definition) is 1. The fourth-order valence-electron chi connectivity index (χ4n) is 3.25. The maximum Gasteiger partial charge on any atom is 0.0632 e. The predicted molar refractivity (Wildman–Crippen MR) is 48.5 cm³/mol. The third-order valence-corrected chi connectivity index (χ3v) is 3.91. The lowest BCUT2D eigenvalue weighted by Gasteiger charge is -2.33. The first kappa shape index (κ1) is 8.09. The summed E-state index contributed by atoms with van der Waals surface area (Å²) in [4.78, 5) is 0. The zero-order chi connectivity index (χ0) is 8.98. The van der Waals surface area contributed by atoms with Crippen molar-refractivity contribution in [3.8, 4) is 0 Å². The average Bonchev–Trinajstić information content (AvgIpc) is 2.34. The van der Waals surface area contributed by atoms with Gasteiger partial charge in [0.1, 0.15) is 0 Å². The van der Waals surface area contributed by atoms with Gasteiger partial charge in [-0.15, -0.1) is 0 Å². The van der Waals surface area contributed by atoms with Crippen molar-refractivity contribution >= 4 is 5.71 Å². The summed E-state index contributed by atoms with van der Waals surface area (Å²) in [5.74, 6) is 0.744. The largest absolute Gasteiger partial charge is 0.411 e. The second kappa shape index (κ2) is 2.04. The van der Waals surface area contributed by atoms with Crippen molar-refractivity contribution < 1.29 is 5.21 Å². The molecule has 2 fully saturated rings. The van der Waals surface area contributed by atoms with Gasteiger partial charge in [0.25, 0.3) is 0 Å². The van der Waals surface area contributed by atoms with Gasteiger partial charge in [0.05, 0.1) is 5.71 Å². The van der Waals surface area contributed by atoms with Gasteiger partial charge < -0.3 is 5.21 Å². The van der Waals surface area contributed by atoms with Crippen LogP contribution in [0.25, 0.3) is 0 Å². The van der Waals surface area contributed by atoms with Crippen molar-refractivity contribution in [2.24, 2.45) is 21.9 Å². The molecule has 0 aliphatic heterocycles. The first-order valence-electron chi connectivity index (χ1n) is 4.69. The molecular weight excluding hydrogens is 150 g/mol. The van der Waals surface area contributed by atoms with Crippen LogP contribution in [0.4, 0.5) is 0 Å². The lowest BCUT2D eigenvalue weighted by atomic mass is 9.72. The second-order valence-corrected chi connectivity index (χ2v) is 5.38. The van der Waals surface area contributed by atoms with Crippen LogP contribution >= 0.6 is 0 Å². The standard InChI is InChI=1S/C10H17NO/c1-9(2)6-10(3)5-7(9)4-8(10)11-12/h7,12H,4-6H2,1-3H3/b11-8-/t7-,10+/m0/s1. The van der Waals surface area contributed by atoms with Crippen molar-refractivity contribution in [3.63, 3.8) is 0 Å². The van der Waals surface area contributed by atoms with Gasteiger partial charge in [-0.05, 0) is 30.6 Å². The smallest absolute Gasteiger partial charge is 0.0632 e. The number of fused-ring (bicyclic) bond motifs is 2. The SMILES string of the molecule is CC1(C)C[C@@]2(C)C[C@@H]1C/C2=N/O. The quantitative estimate of drug-likeness (QED) is 0.436. The van der Waals surface area contributed by atoms with E-state index in [2.05, 4.69) is 25.9 Å². The molecule has 0 aromatic heterocycles. The lowest BCUT2D eigenvalue weighted by molar-refractivity contribution is 0.237. The Bertz CT molecular complexity index is 244. The molecular formula is C10H17NO. The highest BCUT2D eigenvalue weighted by atomic mass is 16.4. The summed E-state index contributed by atoms with van der Waals surface area (Å²) in [5.41, 5.74) is 1.71. The van der Waals surface area contributed by atoms with E-state index in [1.807, 2.05) is 0 Å². The highest BCUT2D eigenvalue weighted by molar-refractivity contribution is 5.92. The summed E-state index contributed by atoms with van der Waals surface area (Å²) in [6, 6.07) is 0. The predicted octanol–water partition coefficient (Wildman–Crippen LogP) is 2.66. The fraction of sp³-hybridized carbons (Fsp3) is 0.900. The topological polar surface area (TPSA) is 32.6 Å². The Labute approximate surface area is 73.7 Å². The van der Waals surface area contributed by atoms with Crippen LogP contribution in [0.15, 0.2) is 5.16 Å². The number of hydrogen-bond acceptors (Lipinski definition) is 2. The summed E-state index contributed by atoms with van der Waals surface area (Å²) >= 11 is 0. The number of nitrogens with zero attached hydrogens (tertiary/aromatic N) is 1. The highest BCUT2D eigenvalue weighted by Crippen LogP contribution is 2.60. The normalized spacial score (nSPS) is 47.2. The molecule has 2 aliphatic carbocycles. The monoisotopic (exact) mass is 167 g/mol. The van der Waals surface area contributed by atoms with E-state index in [9.17, 15) is 0 Å². The van der Waals surface area contributed by atoms with Crippen LogP contribution in [0.1, 0.15) is 40.0 Å². The minimum absolute atomic E-state index is 0.211. The van der Waals surface area contributed by atoms with E-state index in [-0.39, 0.29) is 5.41 Å². The first-order valence-corrected chi connectivity index (χ1v) is 4.69. The van der Waals surface area contributed by atoms with Gasteiger partial charge in [-0.2, -0.15) is 0 Å². The zero-order valence-corrected chi connectivity index (χ0v) is 8.09. The molecule has 2 bridgehead atoms. The Morgan fingerprint density at radius 2 is 2.08 bits per heavy atom. The Morgan fingerprint density at radius 1 is 1.42 bits per heavy atom. The molecule has 0 saturated heterocycles. The van der Waals surface area contributed by atoms with Gasteiger partial charge in [-0.25, -0.2) is 0 Å². The number of rotatable bonds is 0. The van der Waals surface area contributed by atoms with Crippen LogP contribution in [-0.2, 0) is 0 Å². The van der Waals surface area contributed by atoms with E-state index >= 15 is 0 Å². The Hall–Kier alpha value is -0.530. The molecule has 12 heavy (non-hydrogen) atoms. The minimum atomic E-state index is 0.211. The van der Waals surface area contributed by atoms with Gasteiger partial charge in [-0.1, -0.05) is 25.9 Å². The summed E-state index contributed by atoms with van der Waals surface area (Å²) in [7, 11) is 0. The third-order valence-electron chi connectivity index (χ3n) is 3.91. The van der Waals surface area contributed by atoms with Gasteiger partial charge in [0.15, 0.2) is 0 Å². The summed E-state index contributed by atoms with van der Waals surface area (Å²) in [6.45, 7) is 6.89. The van der Waals surface area contributed by atoms with Crippen molar-refractivity contribution in [1.82, 2.24) is 0 Å². The molecule has 1 N–H and O–H groups in total. The van der Waals surface area contributed by atoms with Crippen LogP contribution in [0, 0.1) is 16.7 Å². The van der Waals surface area contributed by atoms with Crippen LogP contribution in [-0.4, -0.2) is 10.9 Å². The summed E-state index contributed by atoms with van der Waals surface area (Å²) in [6.07, 6.45) is 3.42. The molecule has 0 amide bonds. The van der Waals surface area contributed by atoms with Crippen molar-refractivity contribution in [2.75, 3.05) is 0 Å².